The molecule has 0 heterocycles. The van der Waals surface area contributed by atoms with Crippen LogP contribution >= 0.6 is 0 Å². The molecule has 1 aliphatic rings. The van der Waals surface area contributed by atoms with Crippen LogP contribution in [0, 0.1) is 28.0 Å². The highest BCUT2D eigenvalue weighted by molar-refractivity contribution is 5.25. The zero-order valence-electron chi connectivity index (χ0n) is 11.5. The molecule has 1 aromatic rings. The predicted octanol–water partition coefficient (Wildman–Crippen LogP) is 3.97. The summed E-state index contributed by atoms with van der Waals surface area (Å²) in [5.74, 6) is -0.436. The van der Waals surface area contributed by atoms with E-state index in [1.54, 1.807) is 18.2 Å². The molecule has 0 radical (unpaired) electrons. The highest BCUT2D eigenvalue weighted by atomic mass is 19.1. The number of benzene rings is 1. The van der Waals surface area contributed by atoms with Crippen LogP contribution < -0.4 is 0 Å². The highest BCUT2D eigenvalue weighted by Gasteiger charge is 2.45. The maximum Gasteiger partial charge on any atom is 0.129 e. The first-order valence-electron chi connectivity index (χ1n) is 6.74. The third-order valence-corrected chi connectivity index (χ3v) is 4.44. The number of hydrogen-bond donors (Lipinski definition) is 1. The number of nitrogens with zero attached hydrogens (tertiary/aromatic N) is 1. The molecule has 2 nitrogen and oxygen atoms in total. The second-order valence-corrected chi connectivity index (χ2v) is 6.36. The molecule has 0 aromatic heterocycles. The van der Waals surface area contributed by atoms with Crippen molar-refractivity contribution in [3.05, 3.63) is 35.6 Å². The van der Waals surface area contributed by atoms with E-state index in [0.717, 1.165) is 12.8 Å². The monoisotopic (exact) mass is 261 g/mol. The van der Waals surface area contributed by atoms with Gasteiger partial charge < -0.3 is 5.11 Å². The summed E-state index contributed by atoms with van der Waals surface area (Å²) >= 11 is 0. The van der Waals surface area contributed by atoms with E-state index < -0.39 is 17.3 Å². The van der Waals surface area contributed by atoms with Gasteiger partial charge in [0.15, 0.2) is 0 Å². The van der Waals surface area contributed by atoms with Crippen LogP contribution in [0.1, 0.15) is 51.2 Å². The molecular formula is C16H20FNO. The number of aliphatic hydroxyl groups is 1. The molecule has 1 unspecified atom stereocenters. The van der Waals surface area contributed by atoms with Crippen molar-refractivity contribution in [2.24, 2.45) is 10.8 Å². The predicted molar refractivity (Wildman–Crippen MR) is 71.7 cm³/mol. The van der Waals surface area contributed by atoms with Gasteiger partial charge in [-0.3, -0.25) is 0 Å². The summed E-state index contributed by atoms with van der Waals surface area (Å²) in [6.07, 6.45) is 1.95. The van der Waals surface area contributed by atoms with Crippen molar-refractivity contribution in [3.8, 4) is 6.07 Å². The van der Waals surface area contributed by atoms with Crippen molar-refractivity contribution in [1.29, 1.82) is 5.26 Å². The molecule has 0 saturated heterocycles. The Kier molecular flexibility index (Phi) is 3.64. The molecule has 1 fully saturated rings. The number of rotatable bonds is 2. The smallest absolute Gasteiger partial charge is 0.129 e. The fourth-order valence-electron chi connectivity index (χ4n) is 2.81. The first-order valence-corrected chi connectivity index (χ1v) is 6.74. The Morgan fingerprint density at radius 1 is 1.21 bits per heavy atom. The Bertz CT molecular complexity index is 494. The fraction of sp³-hybridized carbons (Fsp3) is 0.562. The van der Waals surface area contributed by atoms with Gasteiger partial charge in [-0.2, -0.15) is 5.26 Å². The summed E-state index contributed by atoms with van der Waals surface area (Å²) in [6, 6.07) is 8.45. The Morgan fingerprint density at radius 3 is 2.32 bits per heavy atom. The van der Waals surface area contributed by atoms with Gasteiger partial charge in [0, 0.05) is 5.56 Å². The van der Waals surface area contributed by atoms with E-state index in [4.69, 9.17) is 0 Å². The van der Waals surface area contributed by atoms with Crippen LogP contribution in [0.4, 0.5) is 4.39 Å². The second-order valence-electron chi connectivity index (χ2n) is 6.36. The van der Waals surface area contributed by atoms with Crippen molar-refractivity contribution in [3.63, 3.8) is 0 Å². The molecular weight excluding hydrogens is 241 g/mol. The fourth-order valence-corrected chi connectivity index (χ4v) is 2.81. The van der Waals surface area contributed by atoms with Crippen LogP contribution in [0.3, 0.4) is 0 Å². The Morgan fingerprint density at radius 2 is 1.79 bits per heavy atom. The van der Waals surface area contributed by atoms with Gasteiger partial charge in [-0.25, -0.2) is 4.39 Å². The van der Waals surface area contributed by atoms with Gasteiger partial charge in [0.1, 0.15) is 11.9 Å². The molecule has 3 heteroatoms. The maximum atomic E-state index is 13.8. The van der Waals surface area contributed by atoms with E-state index in [1.165, 1.54) is 6.07 Å². The van der Waals surface area contributed by atoms with Gasteiger partial charge in [0.05, 0.1) is 11.5 Å². The van der Waals surface area contributed by atoms with E-state index in [1.807, 2.05) is 0 Å². The quantitative estimate of drug-likeness (QED) is 0.875. The van der Waals surface area contributed by atoms with Gasteiger partial charge in [0.2, 0.25) is 0 Å². The number of aliphatic hydroxyl groups excluding tert-OH is 1. The van der Waals surface area contributed by atoms with E-state index >= 15 is 0 Å². The van der Waals surface area contributed by atoms with Gasteiger partial charge in [-0.1, -0.05) is 32.0 Å². The number of hydrogen-bond acceptors (Lipinski definition) is 2. The van der Waals surface area contributed by atoms with Gasteiger partial charge in [-0.15, -0.1) is 0 Å². The van der Waals surface area contributed by atoms with Gasteiger partial charge in [-0.05, 0) is 37.2 Å². The number of nitriles is 1. The van der Waals surface area contributed by atoms with Gasteiger partial charge >= 0.3 is 0 Å². The largest absolute Gasteiger partial charge is 0.387 e. The molecule has 1 N–H and O–H groups in total. The third-order valence-electron chi connectivity index (χ3n) is 4.44. The maximum absolute atomic E-state index is 13.8. The van der Waals surface area contributed by atoms with Crippen molar-refractivity contribution in [2.45, 2.75) is 45.6 Å². The van der Waals surface area contributed by atoms with E-state index in [-0.39, 0.29) is 11.0 Å². The van der Waals surface area contributed by atoms with E-state index in [2.05, 4.69) is 19.9 Å². The SMILES string of the molecule is CC1(C)CCC(C#N)(C(O)c2ccccc2F)CC1. The third kappa shape index (κ3) is 2.64. The second kappa shape index (κ2) is 4.94. The lowest BCUT2D eigenvalue weighted by Crippen LogP contribution is -2.35. The summed E-state index contributed by atoms with van der Waals surface area (Å²) in [5, 5.41) is 20.0. The molecule has 1 saturated carbocycles. The summed E-state index contributed by atoms with van der Waals surface area (Å²) in [5.41, 5.74) is -0.406. The lowest BCUT2D eigenvalue weighted by Gasteiger charge is -2.42. The average molecular weight is 261 g/mol. The van der Waals surface area contributed by atoms with E-state index in [9.17, 15) is 14.8 Å². The Labute approximate surface area is 113 Å². The van der Waals surface area contributed by atoms with Crippen molar-refractivity contribution in [2.75, 3.05) is 0 Å². The van der Waals surface area contributed by atoms with Crippen LogP contribution in [0.5, 0.6) is 0 Å². The molecule has 2 rings (SSSR count). The molecule has 19 heavy (non-hydrogen) atoms. The Balaban J connectivity index is 2.29. The standard InChI is InChI=1S/C16H20FNO/c1-15(2)7-9-16(11-18,10-8-15)14(19)12-5-3-4-6-13(12)17/h3-6,14,19H,7-10H2,1-2H3. The minimum absolute atomic E-state index is 0.204. The van der Waals surface area contributed by atoms with Crippen molar-refractivity contribution in [1.82, 2.24) is 0 Å². The molecule has 0 aliphatic heterocycles. The molecule has 0 spiro atoms. The Hall–Kier alpha value is -1.40. The normalized spacial score (nSPS) is 22.5. The van der Waals surface area contributed by atoms with Crippen LogP contribution in [0.2, 0.25) is 0 Å². The zero-order valence-corrected chi connectivity index (χ0v) is 11.5. The molecule has 102 valence electrons. The van der Waals surface area contributed by atoms with Crippen LogP contribution in [-0.4, -0.2) is 5.11 Å². The lowest BCUT2D eigenvalue weighted by molar-refractivity contribution is 0.00753. The molecule has 1 aliphatic carbocycles. The first kappa shape index (κ1) is 14.0. The van der Waals surface area contributed by atoms with Gasteiger partial charge in [0.25, 0.3) is 0 Å². The summed E-state index contributed by atoms with van der Waals surface area (Å²) < 4.78 is 13.8. The minimum Gasteiger partial charge on any atom is -0.387 e. The topological polar surface area (TPSA) is 44.0 Å². The van der Waals surface area contributed by atoms with Crippen molar-refractivity contribution < 1.29 is 9.50 Å². The zero-order chi connectivity index (χ0) is 14.1. The number of halogens is 1. The summed E-state index contributed by atoms with van der Waals surface area (Å²) in [7, 11) is 0. The molecule has 0 bridgehead atoms. The van der Waals surface area contributed by atoms with Crippen molar-refractivity contribution >= 4 is 0 Å². The molecule has 0 amide bonds. The summed E-state index contributed by atoms with van der Waals surface area (Å²) in [6.45, 7) is 4.34. The summed E-state index contributed by atoms with van der Waals surface area (Å²) in [4.78, 5) is 0. The highest BCUT2D eigenvalue weighted by Crippen LogP contribution is 2.51. The minimum atomic E-state index is -1.05. The van der Waals surface area contributed by atoms with Crippen LogP contribution in [-0.2, 0) is 0 Å². The van der Waals surface area contributed by atoms with Crippen LogP contribution in [0.25, 0.3) is 0 Å². The molecule has 1 aromatic carbocycles. The molecule has 1 atom stereocenters. The lowest BCUT2D eigenvalue weighted by atomic mass is 9.62. The van der Waals surface area contributed by atoms with Crippen LogP contribution in [0.15, 0.2) is 24.3 Å². The van der Waals surface area contributed by atoms with E-state index in [0.29, 0.717) is 12.8 Å². The first-order chi connectivity index (χ1) is 8.90. The average Bonchev–Trinajstić information content (AvgIpc) is 2.39.